The predicted molar refractivity (Wildman–Crippen MR) is 84.7 cm³/mol. The highest BCUT2D eigenvalue weighted by Gasteiger charge is 2.19. The third-order valence-corrected chi connectivity index (χ3v) is 3.44. The molecule has 1 aromatic carbocycles. The van der Waals surface area contributed by atoms with E-state index in [1.807, 2.05) is 6.92 Å². The van der Waals surface area contributed by atoms with Gasteiger partial charge in [-0.1, -0.05) is 24.9 Å². The highest BCUT2D eigenvalue weighted by Crippen LogP contribution is 2.29. The molecular weight excluding hydrogens is 290 g/mol. The SMILES string of the molecule is CCCC(C)NC(=O)C(C)Oc1ccc(Cl)cc1[C@@H](C)O. The van der Waals surface area contributed by atoms with Crippen LogP contribution in [0, 0.1) is 0 Å². The number of hydrogen-bond acceptors (Lipinski definition) is 3. The Morgan fingerprint density at radius 3 is 2.62 bits per heavy atom. The first-order chi connectivity index (χ1) is 9.85. The maximum absolute atomic E-state index is 12.1. The molecule has 21 heavy (non-hydrogen) atoms. The second-order valence-electron chi connectivity index (χ2n) is 5.32. The second kappa shape index (κ2) is 8.25. The molecule has 0 bridgehead atoms. The zero-order valence-corrected chi connectivity index (χ0v) is 13.8. The van der Waals surface area contributed by atoms with Crippen molar-refractivity contribution in [3.8, 4) is 5.75 Å². The van der Waals surface area contributed by atoms with Gasteiger partial charge in [-0.25, -0.2) is 0 Å². The van der Waals surface area contributed by atoms with Crippen LogP contribution in [0.2, 0.25) is 5.02 Å². The number of aliphatic hydroxyl groups excluding tert-OH is 1. The van der Waals surface area contributed by atoms with Crippen molar-refractivity contribution in [3.05, 3.63) is 28.8 Å². The molecule has 1 rings (SSSR count). The predicted octanol–water partition coefficient (Wildman–Crippen LogP) is 3.47. The summed E-state index contributed by atoms with van der Waals surface area (Å²) in [6, 6.07) is 5.11. The number of aliphatic hydroxyl groups is 1. The van der Waals surface area contributed by atoms with Crippen molar-refractivity contribution < 1.29 is 14.6 Å². The molecule has 0 aliphatic heterocycles. The molecule has 1 amide bonds. The van der Waals surface area contributed by atoms with Crippen LogP contribution < -0.4 is 10.1 Å². The fourth-order valence-electron chi connectivity index (χ4n) is 2.06. The minimum atomic E-state index is -0.715. The lowest BCUT2D eigenvalue weighted by molar-refractivity contribution is -0.128. The molecule has 3 atom stereocenters. The zero-order chi connectivity index (χ0) is 16.0. The van der Waals surface area contributed by atoms with Gasteiger partial charge in [0.1, 0.15) is 5.75 Å². The molecule has 0 aromatic heterocycles. The largest absolute Gasteiger partial charge is 0.481 e. The zero-order valence-electron chi connectivity index (χ0n) is 13.0. The average molecular weight is 314 g/mol. The number of halogens is 1. The second-order valence-corrected chi connectivity index (χ2v) is 5.75. The first-order valence-electron chi connectivity index (χ1n) is 7.29. The van der Waals surface area contributed by atoms with Crippen molar-refractivity contribution in [1.29, 1.82) is 0 Å². The molecule has 118 valence electrons. The number of nitrogens with one attached hydrogen (secondary N) is 1. The van der Waals surface area contributed by atoms with Crippen molar-refractivity contribution in [1.82, 2.24) is 5.32 Å². The molecule has 2 N–H and O–H groups in total. The van der Waals surface area contributed by atoms with Gasteiger partial charge in [0.25, 0.3) is 5.91 Å². The van der Waals surface area contributed by atoms with Crippen LogP contribution >= 0.6 is 11.6 Å². The summed E-state index contributed by atoms with van der Waals surface area (Å²) in [6.45, 7) is 7.36. The van der Waals surface area contributed by atoms with Crippen LogP contribution in [0.15, 0.2) is 18.2 Å². The molecule has 0 spiro atoms. The van der Waals surface area contributed by atoms with Gasteiger partial charge in [0.2, 0.25) is 0 Å². The van der Waals surface area contributed by atoms with Gasteiger partial charge in [-0.15, -0.1) is 0 Å². The van der Waals surface area contributed by atoms with Crippen LogP contribution in [0.3, 0.4) is 0 Å². The van der Waals surface area contributed by atoms with Crippen molar-refractivity contribution in [2.45, 2.75) is 58.8 Å². The normalized spacial score (nSPS) is 15.1. The molecule has 0 heterocycles. The van der Waals surface area contributed by atoms with E-state index in [4.69, 9.17) is 16.3 Å². The van der Waals surface area contributed by atoms with Crippen LogP contribution in [-0.4, -0.2) is 23.2 Å². The smallest absolute Gasteiger partial charge is 0.260 e. The molecule has 5 heteroatoms. The number of benzene rings is 1. The Bertz CT molecular complexity index is 477. The van der Waals surface area contributed by atoms with Crippen molar-refractivity contribution in [2.75, 3.05) is 0 Å². The molecule has 0 aliphatic rings. The lowest BCUT2D eigenvalue weighted by Gasteiger charge is -2.20. The van der Waals surface area contributed by atoms with Crippen molar-refractivity contribution in [2.24, 2.45) is 0 Å². The van der Waals surface area contributed by atoms with E-state index in [1.165, 1.54) is 0 Å². The first kappa shape index (κ1) is 17.8. The Labute approximate surface area is 131 Å². The van der Waals surface area contributed by atoms with Crippen LogP contribution in [0.4, 0.5) is 0 Å². The number of ether oxygens (including phenoxy) is 1. The Hall–Kier alpha value is -1.26. The van der Waals surface area contributed by atoms with E-state index in [1.54, 1.807) is 32.0 Å². The van der Waals surface area contributed by atoms with E-state index in [2.05, 4.69) is 12.2 Å². The first-order valence-corrected chi connectivity index (χ1v) is 7.67. The van der Waals surface area contributed by atoms with E-state index >= 15 is 0 Å². The van der Waals surface area contributed by atoms with Crippen LogP contribution in [0.25, 0.3) is 0 Å². The van der Waals surface area contributed by atoms with E-state index in [9.17, 15) is 9.90 Å². The van der Waals surface area contributed by atoms with E-state index in [-0.39, 0.29) is 11.9 Å². The number of rotatable bonds is 7. The summed E-state index contributed by atoms with van der Waals surface area (Å²) in [6.07, 6.45) is 0.592. The molecule has 0 aliphatic carbocycles. The fraction of sp³-hybridized carbons (Fsp3) is 0.562. The maximum Gasteiger partial charge on any atom is 0.260 e. The number of carbonyl (C=O) groups is 1. The van der Waals surface area contributed by atoms with Crippen LogP contribution in [0.1, 0.15) is 52.2 Å². The molecule has 1 aromatic rings. The van der Waals surface area contributed by atoms with Crippen LogP contribution in [0.5, 0.6) is 5.75 Å². The minimum Gasteiger partial charge on any atom is -0.481 e. The number of amides is 1. The quantitative estimate of drug-likeness (QED) is 0.810. The molecule has 0 saturated heterocycles. The van der Waals surface area contributed by atoms with Gasteiger partial charge in [0.05, 0.1) is 6.10 Å². The average Bonchev–Trinajstić information content (AvgIpc) is 2.40. The van der Waals surface area contributed by atoms with Gasteiger partial charge in [-0.05, 0) is 45.4 Å². The topological polar surface area (TPSA) is 58.6 Å². The number of hydrogen-bond donors (Lipinski definition) is 2. The lowest BCUT2D eigenvalue weighted by atomic mass is 10.1. The third kappa shape index (κ3) is 5.56. The Morgan fingerprint density at radius 1 is 1.38 bits per heavy atom. The summed E-state index contributed by atoms with van der Waals surface area (Å²) in [5.41, 5.74) is 0.573. The molecule has 0 saturated carbocycles. The summed E-state index contributed by atoms with van der Waals surface area (Å²) >= 11 is 5.92. The molecule has 4 nitrogen and oxygen atoms in total. The fourth-order valence-corrected chi connectivity index (χ4v) is 2.24. The van der Waals surface area contributed by atoms with Crippen molar-refractivity contribution in [3.63, 3.8) is 0 Å². The van der Waals surface area contributed by atoms with Gasteiger partial charge in [-0.3, -0.25) is 4.79 Å². The lowest BCUT2D eigenvalue weighted by Crippen LogP contribution is -2.41. The Morgan fingerprint density at radius 2 is 2.05 bits per heavy atom. The molecule has 0 fully saturated rings. The summed E-state index contributed by atoms with van der Waals surface area (Å²) in [7, 11) is 0. The van der Waals surface area contributed by atoms with Gasteiger partial charge in [0, 0.05) is 16.6 Å². The summed E-state index contributed by atoms with van der Waals surface area (Å²) in [4.78, 5) is 12.1. The molecular formula is C16H24ClNO3. The van der Waals surface area contributed by atoms with Crippen LogP contribution in [-0.2, 0) is 4.79 Å². The molecule has 0 radical (unpaired) electrons. The van der Waals surface area contributed by atoms with Gasteiger partial charge >= 0.3 is 0 Å². The standard InChI is InChI=1S/C16H24ClNO3/c1-5-6-10(2)18-16(20)12(4)21-15-8-7-13(17)9-14(15)11(3)19/h7-12,19H,5-6H2,1-4H3,(H,18,20)/t10?,11-,12?/m1/s1. The monoisotopic (exact) mass is 313 g/mol. The number of carbonyl (C=O) groups excluding carboxylic acids is 1. The molecule has 2 unspecified atom stereocenters. The van der Waals surface area contributed by atoms with Crippen molar-refractivity contribution >= 4 is 17.5 Å². The van der Waals surface area contributed by atoms with Gasteiger partial charge < -0.3 is 15.2 Å². The van der Waals surface area contributed by atoms with Gasteiger partial charge in [-0.2, -0.15) is 0 Å². The summed E-state index contributed by atoms with van der Waals surface area (Å²) in [5.74, 6) is 0.308. The van der Waals surface area contributed by atoms with Gasteiger partial charge in [0.15, 0.2) is 6.10 Å². The highest BCUT2D eigenvalue weighted by molar-refractivity contribution is 6.30. The Kier molecular flexibility index (Phi) is 6.99. The van der Waals surface area contributed by atoms with E-state index in [0.29, 0.717) is 16.3 Å². The van der Waals surface area contributed by atoms with E-state index < -0.39 is 12.2 Å². The Balaban J connectivity index is 2.74. The summed E-state index contributed by atoms with van der Waals surface area (Å²) in [5, 5.41) is 13.2. The summed E-state index contributed by atoms with van der Waals surface area (Å²) < 4.78 is 5.67. The maximum atomic E-state index is 12.1. The van der Waals surface area contributed by atoms with E-state index in [0.717, 1.165) is 12.8 Å². The highest BCUT2D eigenvalue weighted by atomic mass is 35.5. The third-order valence-electron chi connectivity index (χ3n) is 3.21. The minimum absolute atomic E-state index is 0.120.